The molecular weight excluding hydrogens is 624 g/mol. The van der Waals surface area contributed by atoms with E-state index >= 15 is 0 Å². The molecule has 2 N–H and O–H groups in total. The molecule has 0 aromatic heterocycles. The Morgan fingerprint density at radius 3 is 1.94 bits per heavy atom. The van der Waals surface area contributed by atoms with E-state index in [2.05, 4.69) is 60.3 Å². The van der Waals surface area contributed by atoms with Gasteiger partial charge in [0.25, 0.3) is 0 Å². The Balaban J connectivity index is 0.00000417. The first-order chi connectivity index (χ1) is 23.4. The van der Waals surface area contributed by atoms with Crippen molar-refractivity contribution in [2.75, 3.05) is 62.7 Å². The van der Waals surface area contributed by atoms with Crippen molar-refractivity contribution in [2.45, 2.75) is 37.8 Å². The van der Waals surface area contributed by atoms with E-state index in [0.29, 0.717) is 52.4 Å². The van der Waals surface area contributed by atoms with E-state index in [1.54, 1.807) is 35.5 Å². The Hall–Kier alpha value is -4.64. The van der Waals surface area contributed by atoms with Crippen molar-refractivity contribution in [1.29, 1.82) is 0 Å². The van der Waals surface area contributed by atoms with Crippen LogP contribution in [0.3, 0.4) is 0 Å². The van der Waals surface area contributed by atoms with E-state index in [0.717, 1.165) is 54.8 Å². The molecule has 0 saturated heterocycles. The molecule has 0 saturated carbocycles. The Bertz CT molecular complexity index is 1830. The van der Waals surface area contributed by atoms with E-state index in [1.165, 1.54) is 16.7 Å². The zero-order valence-corrected chi connectivity index (χ0v) is 29.3. The molecule has 0 amide bonds. The first-order valence-corrected chi connectivity index (χ1v) is 16.4. The molecule has 4 aromatic carbocycles. The summed E-state index contributed by atoms with van der Waals surface area (Å²) in [4.78, 5) is 4.78. The van der Waals surface area contributed by atoms with E-state index in [4.69, 9.17) is 33.2 Å². The van der Waals surface area contributed by atoms with Crippen LogP contribution in [0.2, 0.25) is 0 Å². The predicted molar refractivity (Wildman–Crippen MR) is 188 cm³/mol. The third-order valence-electron chi connectivity index (χ3n) is 10.2. The number of fused-ring (bicyclic) bond motifs is 2. The molecular formula is C39H46N2O8. The molecule has 2 atom stereocenters. The zero-order valence-electron chi connectivity index (χ0n) is 29.3. The molecule has 260 valence electrons. The molecule has 0 spiro atoms. The van der Waals surface area contributed by atoms with Crippen LogP contribution in [0.5, 0.6) is 51.7 Å². The summed E-state index contributed by atoms with van der Waals surface area (Å²) < 4.78 is 43.4. The number of ether oxygens (including phenoxy) is 7. The van der Waals surface area contributed by atoms with Crippen LogP contribution in [0.1, 0.15) is 45.5 Å². The Kier molecular flexibility index (Phi) is 9.83. The lowest BCUT2D eigenvalue weighted by Gasteiger charge is -2.38. The summed E-state index contributed by atoms with van der Waals surface area (Å²) in [6.45, 7) is 1.77. The van der Waals surface area contributed by atoms with Crippen LogP contribution in [0.25, 0.3) is 0 Å². The number of likely N-dealkylation sites (N-methyl/N-ethyl adjacent to an activating group) is 2. The van der Waals surface area contributed by atoms with E-state index < -0.39 is 0 Å². The molecule has 10 nitrogen and oxygen atoms in total. The predicted octanol–water partition coefficient (Wildman–Crippen LogP) is 6.35. The second-order valence-electron chi connectivity index (χ2n) is 12.8. The van der Waals surface area contributed by atoms with Crippen molar-refractivity contribution >= 4 is 0 Å². The van der Waals surface area contributed by atoms with Gasteiger partial charge in [0.05, 0.1) is 35.5 Å². The van der Waals surface area contributed by atoms with Crippen molar-refractivity contribution in [3.63, 3.8) is 0 Å². The van der Waals surface area contributed by atoms with Gasteiger partial charge in [-0.1, -0.05) is 18.2 Å². The van der Waals surface area contributed by atoms with Crippen molar-refractivity contribution in [3.05, 3.63) is 88.0 Å². The number of methoxy groups -OCH3 is 5. The normalized spacial score (nSPS) is 18.4. The lowest BCUT2D eigenvalue weighted by atomic mass is 9.86. The van der Waals surface area contributed by atoms with Crippen molar-refractivity contribution in [3.8, 4) is 51.7 Å². The fourth-order valence-electron chi connectivity index (χ4n) is 7.58. The largest absolute Gasteiger partial charge is 0.493 e. The fraction of sp³-hybridized carbons (Fsp3) is 0.385. The SMILES string of the molecule is COc1ccc2cc1Oc1ccc(cc1)C[C@@H]1c3cc(c(OC)cc3CCN1C)Oc1c(OC)c(OC)c(OC)c3c1[C@H](C2)N(C)CC3.O. The summed E-state index contributed by atoms with van der Waals surface area (Å²) in [6, 6.07) is 18.9. The maximum absolute atomic E-state index is 7.07. The summed E-state index contributed by atoms with van der Waals surface area (Å²) in [7, 11) is 12.7. The quantitative estimate of drug-likeness (QED) is 0.241. The number of hydrogen-bond acceptors (Lipinski definition) is 9. The molecule has 4 aliphatic rings. The van der Waals surface area contributed by atoms with Crippen LogP contribution < -0.4 is 33.2 Å². The van der Waals surface area contributed by atoms with Crippen LogP contribution in [0, 0.1) is 0 Å². The Morgan fingerprint density at radius 2 is 1.24 bits per heavy atom. The van der Waals surface area contributed by atoms with Gasteiger partial charge >= 0.3 is 0 Å². The van der Waals surface area contributed by atoms with Crippen molar-refractivity contribution in [1.82, 2.24) is 9.80 Å². The summed E-state index contributed by atoms with van der Waals surface area (Å²) in [5.41, 5.74) is 6.84. The van der Waals surface area contributed by atoms with Crippen molar-refractivity contribution in [2.24, 2.45) is 0 Å². The Morgan fingerprint density at radius 1 is 0.612 bits per heavy atom. The van der Waals surface area contributed by atoms with E-state index in [1.807, 2.05) is 18.2 Å². The number of benzene rings is 4. The van der Waals surface area contributed by atoms with E-state index in [-0.39, 0.29) is 17.6 Å². The van der Waals surface area contributed by atoms with Crippen LogP contribution in [-0.2, 0) is 25.7 Å². The number of hydrogen-bond donors (Lipinski definition) is 0. The maximum Gasteiger partial charge on any atom is 0.208 e. The third kappa shape index (κ3) is 6.09. The lowest BCUT2D eigenvalue weighted by molar-refractivity contribution is 0.216. The minimum Gasteiger partial charge on any atom is -0.493 e. The van der Waals surface area contributed by atoms with Gasteiger partial charge in [-0.25, -0.2) is 0 Å². The molecule has 4 heterocycles. The first-order valence-electron chi connectivity index (χ1n) is 16.4. The maximum atomic E-state index is 7.07. The highest BCUT2D eigenvalue weighted by atomic mass is 16.6. The highest BCUT2D eigenvalue weighted by Crippen LogP contribution is 2.56. The summed E-state index contributed by atoms with van der Waals surface area (Å²) in [6.07, 6.45) is 3.18. The van der Waals surface area contributed by atoms with Gasteiger partial charge < -0.3 is 38.6 Å². The molecule has 0 radical (unpaired) electrons. The van der Waals surface area contributed by atoms with Crippen molar-refractivity contribution < 1.29 is 38.6 Å². The molecule has 4 aliphatic heterocycles. The molecule has 8 rings (SSSR count). The van der Waals surface area contributed by atoms with Gasteiger partial charge in [0.1, 0.15) is 5.75 Å². The smallest absolute Gasteiger partial charge is 0.208 e. The molecule has 10 heteroatoms. The minimum atomic E-state index is -0.0839. The fourth-order valence-corrected chi connectivity index (χ4v) is 7.58. The number of nitrogens with zero attached hydrogens (tertiary/aromatic N) is 2. The molecule has 4 aromatic rings. The zero-order chi connectivity index (χ0) is 33.5. The van der Waals surface area contributed by atoms with Gasteiger partial charge in [0, 0.05) is 36.3 Å². The van der Waals surface area contributed by atoms with Gasteiger partial charge in [0.15, 0.2) is 34.5 Å². The molecule has 0 fully saturated rings. The van der Waals surface area contributed by atoms with Crippen LogP contribution >= 0.6 is 0 Å². The molecule has 49 heavy (non-hydrogen) atoms. The average molecular weight is 671 g/mol. The second-order valence-corrected chi connectivity index (χ2v) is 12.8. The monoisotopic (exact) mass is 670 g/mol. The van der Waals surface area contributed by atoms with Gasteiger partial charge in [-0.3, -0.25) is 9.80 Å². The molecule has 0 aliphatic carbocycles. The van der Waals surface area contributed by atoms with Gasteiger partial charge in [0.2, 0.25) is 11.5 Å². The highest BCUT2D eigenvalue weighted by Gasteiger charge is 2.37. The Labute approximate surface area is 288 Å². The second kappa shape index (κ2) is 14.1. The van der Waals surface area contributed by atoms with Gasteiger partial charge in [-0.15, -0.1) is 0 Å². The van der Waals surface area contributed by atoms with Gasteiger partial charge in [-0.05, 0) is 98.4 Å². The minimum absolute atomic E-state index is 0. The van der Waals surface area contributed by atoms with Gasteiger partial charge in [-0.2, -0.15) is 0 Å². The highest BCUT2D eigenvalue weighted by molar-refractivity contribution is 5.70. The van der Waals surface area contributed by atoms with Crippen LogP contribution in [0.15, 0.2) is 54.6 Å². The molecule has 6 bridgehead atoms. The average Bonchev–Trinajstić information content (AvgIpc) is 3.10. The topological polar surface area (TPSA) is 103 Å². The van der Waals surface area contributed by atoms with Crippen LogP contribution in [-0.4, -0.2) is 78.0 Å². The third-order valence-corrected chi connectivity index (χ3v) is 10.2. The summed E-state index contributed by atoms with van der Waals surface area (Å²) in [5, 5.41) is 0. The van der Waals surface area contributed by atoms with E-state index in [9.17, 15) is 0 Å². The standard InChI is InChI=1S/C39H44N2O7.H2O/c1-40-16-14-25-21-32(43-4)34-22-28(25)29(40)18-23-8-11-26(12-9-23)47-33-20-24(10-13-31(33)42-3)19-30-35-27(15-17-41(30)2)36(44-5)38(45-6)39(46-7)37(35)48-34;/h8-13,20-22,29-30H,14-19H2,1-7H3;1H2/t29-,30+;/m1./s1. The first kappa shape index (κ1) is 34.2. The summed E-state index contributed by atoms with van der Waals surface area (Å²) >= 11 is 0. The van der Waals surface area contributed by atoms with Crippen LogP contribution in [0.4, 0.5) is 0 Å². The summed E-state index contributed by atoms with van der Waals surface area (Å²) in [5.74, 6) is 5.67. The lowest BCUT2D eigenvalue weighted by Crippen LogP contribution is -2.34. The number of rotatable bonds is 5. The molecule has 0 unspecified atom stereocenters.